The third-order valence-electron chi connectivity index (χ3n) is 3.06. The molecule has 0 radical (unpaired) electrons. The SMILES string of the molecule is CCn1cc(NC(=O)N2CCC[C@@H]2CO)cn1. The first kappa shape index (κ1) is 11.9. The van der Waals surface area contributed by atoms with Crippen molar-refractivity contribution in [1.29, 1.82) is 0 Å². The number of anilines is 1. The number of aromatic nitrogens is 2. The summed E-state index contributed by atoms with van der Waals surface area (Å²) in [7, 11) is 0. The van der Waals surface area contributed by atoms with Gasteiger partial charge in [0.15, 0.2) is 0 Å². The quantitative estimate of drug-likeness (QED) is 0.821. The Morgan fingerprint density at radius 1 is 1.71 bits per heavy atom. The van der Waals surface area contributed by atoms with Crippen LogP contribution in [0.25, 0.3) is 0 Å². The molecule has 1 aromatic rings. The summed E-state index contributed by atoms with van der Waals surface area (Å²) in [6, 6.07) is -0.201. The van der Waals surface area contributed by atoms with Crippen LogP contribution >= 0.6 is 0 Å². The Labute approximate surface area is 100 Å². The van der Waals surface area contributed by atoms with Crippen molar-refractivity contribution < 1.29 is 9.90 Å². The fourth-order valence-electron chi connectivity index (χ4n) is 2.09. The second-order valence-corrected chi connectivity index (χ2v) is 4.19. The first-order valence-corrected chi connectivity index (χ1v) is 5.95. The summed E-state index contributed by atoms with van der Waals surface area (Å²) in [6.45, 7) is 3.50. The van der Waals surface area contributed by atoms with E-state index in [4.69, 9.17) is 5.11 Å². The minimum Gasteiger partial charge on any atom is -0.394 e. The van der Waals surface area contributed by atoms with Gasteiger partial charge in [0.25, 0.3) is 0 Å². The van der Waals surface area contributed by atoms with E-state index in [-0.39, 0.29) is 18.7 Å². The first-order valence-electron chi connectivity index (χ1n) is 5.95. The molecule has 2 amide bonds. The highest BCUT2D eigenvalue weighted by molar-refractivity contribution is 5.89. The molecule has 94 valence electrons. The van der Waals surface area contributed by atoms with Gasteiger partial charge in [-0.05, 0) is 19.8 Å². The third-order valence-corrected chi connectivity index (χ3v) is 3.06. The number of urea groups is 1. The van der Waals surface area contributed by atoms with Crippen LogP contribution in [0.1, 0.15) is 19.8 Å². The van der Waals surface area contributed by atoms with Gasteiger partial charge >= 0.3 is 6.03 Å². The topological polar surface area (TPSA) is 70.4 Å². The molecule has 6 nitrogen and oxygen atoms in total. The molecule has 2 rings (SSSR count). The number of nitrogens with one attached hydrogen (secondary N) is 1. The number of amides is 2. The number of aryl methyl sites for hydroxylation is 1. The largest absolute Gasteiger partial charge is 0.394 e. The van der Waals surface area contributed by atoms with E-state index in [9.17, 15) is 4.79 Å². The Morgan fingerprint density at radius 3 is 3.18 bits per heavy atom. The highest BCUT2D eigenvalue weighted by Crippen LogP contribution is 2.18. The maximum absolute atomic E-state index is 11.9. The van der Waals surface area contributed by atoms with E-state index in [1.807, 2.05) is 6.92 Å². The summed E-state index contributed by atoms with van der Waals surface area (Å²) >= 11 is 0. The smallest absolute Gasteiger partial charge is 0.322 e. The fourth-order valence-corrected chi connectivity index (χ4v) is 2.09. The summed E-state index contributed by atoms with van der Waals surface area (Å²) in [5.74, 6) is 0. The van der Waals surface area contributed by atoms with Gasteiger partial charge in [-0.15, -0.1) is 0 Å². The molecule has 0 aromatic carbocycles. The molecule has 0 unspecified atom stereocenters. The Hall–Kier alpha value is -1.56. The monoisotopic (exact) mass is 238 g/mol. The van der Waals surface area contributed by atoms with Crippen molar-refractivity contribution in [2.45, 2.75) is 32.4 Å². The van der Waals surface area contributed by atoms with Gasteiger partial charge in [0, 0.05) is 19.3 Å². The molecule has 1 fully saturated rings. The molecule has 1 aliphatic rings. The average molecular weight is 238 g/mol. The molecule has 0 aliphatic carbocycles. The zero-order valence-corrected chi connectivity index (χ0v) is 9.96. The Kier molecular flexibility index (Phi) is 3.63. The van der Waals surface area contributed by atoms with Crippen molar-refractivity contribution >= 4 is 11.7 Å². The predicted molar refractivity (Wildman–Crippen MR) is 63.7 cm³/mol. The van der Waals surface area contributed by atoms with Crippen LogP contribution in [0.5, 0.6) is 0 Å². The summed E-state index contributed by atoms with van der Waals surface area (Å²) in [5, 5.41) is 16.0. The van der Waals surface area contributed by atoms with Crippen LogP contribution in [0.2, 0.25) is 0 Å². The van der Waals surface area contributed by atoms with Gasteiger partial charge < -0.3 is 15.3 Å². The maximum Gasteiger partial charge on any atom is 0.322 e. The third kappa shape index (κ3) is 2.58. The lowest BCUT2D eigenvalue weighted by atomic mass is 10.2. The summed E-state index contributed by atoms with van der Waals surface area (Å²) in [5.41, 5.74) is 0.695. The standard InChI is InChI=1S/C11H18N4O2/c1-2-14-7-9(6-12-14)13-11(17)15-5-3-4-10(15)8-16/h6-7,10,16H,2-5,8H2,1H3,(H,13,17)/t10-/m1/s1. The number of likely N-dealkylation sites (tertiary alicyclic amines) is 1. The van der Waals surface area contributed by atoms with E-state index in [2.05, 4.69) is 10.4 Å². The van der Waals surface area contributed by atoms with Gasteiger partial charge in [-0.1, -0.05) is 0 Å². The minimum atomic E-state index is -0.155. The van der Waals surface area contributed by atoms with Crippen molar-refractivity contribution in [3.63, 3.8) is 0 Å². The molecule has 1 saturated heterocycles. The summed E-state index contributed by atoms with van der Waals surface area (Å²) in [4.78, 5) is 13.6. The second kappa shape index (κ2) is 5.18. The Morgan fingerprint density at radius 2 is 2.53 bits per heavy atom. The molecular weight excluding hydrogens is 220 g/mol. The maximum atomic E-state index is 11.9. The lowest BCUT2D eigenvalue weighted by Gasteiger charge is -2.22. The van der Waals surface area contributed by atoms with E-state index in [1.54, 1.807) is 22.0 Å². The van der Waals surface area contributed by atoms with Crippen LogP contribution < -0.4 is 5.32 Å². The van der Waals surface area contributed by atoms with Gasteiger partial charge in [0.1, 0.15) is 0 Å². The van der Waals surface area contributed by atoms with Crippen LogP contribution in [0.4, 0.5) is 10.5 Å². The van der Waals surface area contributed by atoms with E-state index < -0.39 is 0 Å². The molecule has 0 bridgehead atoms. The number of nitrogens with zero attached hydrogens (tertiary/aromatic N) is 3. The number of rotatable bonds is 3. The van der Waals surface area contributed by atoms with E-state index >= 15 is 0 Å². The number of hydrogen-bond acceptors (Lipinski definition) is 3. The molecule has 17 heavy (non-hydrogen) atoms. The molecular formula is C11H18N4O2. The second-order valence-electron chi connectivity index (χ2n) is 4.19. The minimum absolute atomic E-state index is 0.0294. The van der Waals surface area contributed by atoms with Crippen LogP contribution in [-0.4, -0.2) is 45.0 Å². The van der Waals surface area contributed by atoms with Gasteiger partial charge in [-0.25, -0.2) is 4.79 Å². The molecule has 2 heterocycles. The van der Waals surface area contributed by atoms with Crippen LogP contribution in [0, 0.1) is 0 Å². The van der Waals surface area contributed by atoms with Gasteiger partial charge in [-0.2, -0.15) is 5.10 Å². The summed E-state index contributed by atoms with van der Waals surface area (Å²) < 4.78 is 1.75. The van der Waals surface area contributed by atoms with Gasteiger partial charge in [0.05, 0.1) is 24.5 Å². The van der Waals surface area contributed by atoms with Gasteiger partial charge in [-0.3, -0.25) is 4.68 Å². The van der Waals surface area contributed by atoms with Gasteiger partial charge in [0.2, 0.25) is 0 Å². The molecule has 6 heteroatoms. The number of carbonyl (C=O) groups is 1. The van der Waals surface area contributed by atoms with Crippen LogP contribution in [0.15, 0.2) is 12.4 Å². The molecule has 0 spiro atoms. The number of carbonyl (C=O) groups excluding carboxylic acids is 1. The fraction of sp³-hybridized carbons (Fsp3) is 0.636. The summed E-state index contributed by atoms with van der Waals surface area (Å²) in [6.07, 6.45) is 5.25. The molecule has 2 N–H and O–H groups in total. The van der Waals surface area contributed by atoms with Crippen LogP contribution in [0.3, 0.4) is 0 Å². The number of aliphatic hydroxyl groups excluding tert-OH is 1. The lowest BCUT2D eigenvalue weighted by Crippen LogP contribution is -2.40. The van der Waals surface area contributed by atoms with Crippen molar-refractivity contribution in [2.75, 3.05) is 18.5 Å². The molecule has 1 aliphatic heterocycles. The number of hydrogen-bond donors (Lipinski definition) is 2. The van der Waals surface area contributed by atoms with E-state index in [0.717, 1.165) is 19.4 Å². The van der Waals surface area contributed by atoms with Crippen LogP contribution in [-0.2, 0) is 6.54 Å². The average Bonchev–Trinajstić information content (AvgIpc) is 2.96. The Bertz CT molecular complexity index is 391. The van der Waals surface area contributed by atoms with E-state index in [1.165, 1.54) is 0 Å². The normalized spacial score (nSPS) is 19.6. The molecule has 1 atom stereocenters. The predicted octanol–water partition coefficient (Wildman–Crippen LogP) is 0.892. The highest BCUT2D eigenvalue weighted by atomic mass is 16.3. The number of aliphatic hydroxyl groups is 1. The molecule has 0 saturated carbocycles. The van der Waals surface area contributed by atoms with Crippen molar-refractivity contribution in [3.05, 3.63) is 12.4 Å². The lowest BCUT2D eigenvalue weighted by molar-refractivity contribution is 0.166. The van der Waals surface area contributed by atoms with Crippen molar-refractivity contribution in [1.82, 2.24) is 14.7 Å². The zero-order valence-electron chi connectivity index (χ0n) is 9.96. The van der Waals surface area contributed by atoms with Crippen molar-refractivity contribution in [2.24, 2.45) is 0 Å². The zero-order chi connectivity index (χ0) is 12.3. The molecule has 1 aromatic heterocycles. The first-order chi connectivity index (χ1) is 8.24. The van der Waals surface area contributed by atoms with Crippen molar-refractivity contribution in [3.8, 4) is 0 Å². The Balaban J connectivity index is 1.96. The highest BCUT2D eigenvalue weighted by Gasteiger charge is 2.28. The van der Waals surface area contributed by atoms with E-state index in [0.29, 0.717) is 12.2 Å².